The minimum absolute atomic E-state index is 0.0810. The summed E-state index contributed by atoms with van der Waals surface area (Å²) in [6, 6.07) is 1.22. The molecule has 29 heavy (non-hydrogen) atoms. The molecule has 2 bridgehead atoms. The fourth-order valence-corrected chi connectivity index (χ4v) is 5.16. The van der Waals surface area contributed by atoms with Gasteiger partial charge in [-0.2, -0.15) is 0 Å². The Morgan fingerprint density at radius 2 is 1.90 bits per heavy atom. The van der Waals surface area contributed by atoms with Crippen LogP contribution in [0.4, 0.5) is 14.6 Å². The summed E-state index contributed by atoms with van der Waals surface area (Å²) in [4.78, 5) is 27.7. The van der Waals surface area contributed by atoms with Crippen molar-refractivity contribution >= 4 is 22.6 Å². The molecule has 6 rings (SSSR count). The van der Waals surface area contributed by atoms with Crippen molar-refractivity contribution in [2.75, 3.05) is 5.32 Å². The van der Waals surface area contributed by atoms with E-state index in [1.54, 1.807) is 13.1 Å². The molecule has 0 spiro atoms. The Morgan fingerprint density at radius 1 is 1.14 bits per heavy atom. The molecule has 3 aromatic heterocycles. The topological polar surface area (TPSA) is 83.6 Å². The van der Waals surface area contributed by atoms with Crippen LogP contribution in [0.15, 0.2) is 24.7 Å². The van der Waals surface area contributed by atoms with Crippen LogP contribution >= 0.6 is 0 Å². The van der Waals surface area contributed by atoms with Crippen LogP contribution < -0.4 is 5.32 Å². The first-order valence-electron chi connectivity index (χ1n) is 9.94. The second-order valence-corrected chi connectivity index (χ2v) is 8.12. The summed E-state index contributed by atoms with van der Waals surface area (Å²) in [5.74, 6) is 0.0185. The van der Waals surface area contributed by atoms with Gasteiger partial charge >= 0.3 is 0 Å². The quantitative estimate of drug-likeness (QED) is 0.692. The van der Waals surface area contributed by atoms with Gasteiger partial charge in [0.2, 0.25) is 0 Å². The molecule has 150 valence electrons. The van der Waals surface area contributed by atoms with Gasteiger partial charge in [0.1, 0.15) is 17.2 Å². The van der Waals surface area contributed by atoms with E-state index < -0.39 is 11.6 Å². The third-order valence-electron chi connectivity index (χ3n) is 6.47. The molecule has 0 radical (unpaired) electrons. The third kappa shape index (κ3) is 3.07. The van der Waals surface area contributed by atoms with Gasteiger partial charge in [-0.25, -0.2) is 23.7 Å². The van der Waals surface area contributed by atoms with E-state index in [0.29, 0.717) is 28.4 Å². The van der Waals surface area contributed by atoms with E-state index in [2.05, 4.69) is 25.3 Å². The monoisotopic (exact) mass is 397 g/mol. The SMILES string of the molecule is CC(=O)[C@H]1C2CCC(CC2)[C@@H]1Nc1nc(-c2c[nH]c3ncc(F)cc23)ncc1F. The van der Waals surface area contributed by atoms with Crippen LogP contribution in [-0.4, -0.2) is 31.8 Å². The Kier molecular flexibility index (Phi) is 4.29. The lowest BCUT2D eigenvalue weighted by Crippen LogP contribution is -2.51. The number of hydrogen-bond donors (Lipinski definition) is 2. The number of aromatic nitrogens is 4. The van der Waals surface area contributed by atoms with Gasteiger partial charge < -0.3 is 10.3 Å². The Balaban J connectivity index is 1.51. The van der Waals surface area contributed by atoms with E-state index in [1.807, 2.05) is 0 Å². The molecule has 2 atom stereocenters. The Bertz CT molecular complexity index is 1090. The zero-order chi connectivity index (χ0) is 20.1. The second kappa shape index (κ2) is 6.86. The van der Waals surface area contributed by atoms with Gasteiger partial charge in [0.15, 0.2) is 17.5 Å². The van der Waals surface area contributed by atoms with Crippen molar-refractivity contribution in [1.29, 1.82) is 0 Å². The van der Waals surface area contributed by atoms with Crippen molar-refractivity contribution in [3.63, 3.8) is 0 Å². The smallest absolute Gasteiger partial charge is 0.183 e. The first kappa shape index (κ1) is 18.1. The summed E-state index contributed by atoms with van der Waals surface area (Å²) in [5.41, 5.74) is 1.05. The zero-order valence-corrected chi connectivity index (χ0v) is 16.0. The Hall–Kier alpha value is -2.90. The summed E-state index contributed by atoms with van der Waals surface area (Å²) in [5, 5.41) is 3.76. The molecule has 0 amide bonds. The summed E-state index contributed by atoms with van der Waals surface area (Å²) >= 11 is 0. The van der Waals surface area contributed by atoms with Gasteiger partial charge in [-0.15, -0.1) is 0 Å². The lowest BCUT2D eigenvalue weighted by Gasteiger charge is -2.48. The lowest BCUT2D eigenvalue weighted by molar-refractivity contribution is -0.126. The molecule has 0 unspecified atom stereocenters. The molecular weight excluding hydrogens is 376 g/mol. The average molecular weight is 397 g/mol. The predicted octanol–water partition coefficient (Wildman–Crippen LogP) is 4.10. The van der Waals surface area contributed by atoms with Crippen molar-refractivity contribution in [2.45, 2.75) is 38.6 Å². The van der Waals surface area contributed by atoms with Crippen LogP contribution in [0, 0.1) is 29.4 Å². The van der Waals surface area contributed by atoms with Gasteiger partial charge in [-0.05, 0) is 50.5 Å². The molecule has 0 saturated heterocycles. The van der Waals surface area contributed by atoms with Gasteiger partial charge in [0.25, 0.3) is 0 Å². The molecule has 3 aliphatic rings. The molecule has 3 heterocycles. The largest absolute Gasteiger partial charge is 0.364 e. The number of carbonyl (C=O) groups excluding carboxylic acids is 1. The molecule has 0 aliphatic heterocycles. The lowest BCUT2D eigenvalue weighted by atomic mass is 9.60. The highest BCUT2D eigenvalue weighted by atomic mass is 19.1. The highest BCUT2D eigenvalue weighted by Crippen LogP contribution is 2.46. The Morgan fingerprint density at radius 3 is 2.66 bits per heavy atom. The molecule has 3 aromatic rings. The van der Waals surface area contributed by atoms with Crippen LogP contribution in [0.25, 0.3) is 22.4 Å². The minimum Gasteiger partial charge on any atom is -0.364 e. The van der Waals surface area contributed by atoms with Gasteiger partial charge in [-0.3, -0.25) is 4.79 Å². The van der Waals surface area contributed by atoms with Crippen molar-refractivity contribution in [3.8, 4) is 11.4 Å². The first-order chi connectivity index (χ1) is 14.0. The van der Waals surface area contributed by atoms with Gasteiger partial charge in [0.05, 0.1) is 12.4 Å². The van der Waals surface area contributed by atoms with Gasteiger partial charge in [-0.1, -0.05) is 0 Å². The number of ketones is 1. The number of halogens is 2. The maximum absolute atomic E-state index is 14.6. The number of H-pyrrole nitrogens is 1. The van der Waals surface area contributed by atoms with Crippen LogP contribution in [0.5, 0.6) is 0 Å². The summed E-state index contributed by atoms with van der Waals surface area (Å²) in [7, 11) is 0. The standard InChI is InChI=1S/C21H21F2N5O/c1-10(29)17-11-2-4-12(5-3-11)18(17)27-21-16(23)9-26-20(28-21)15-8-25-19-14(15)6-13(22)7-24-19/h6-9,11-12,17-18H,2-5H2,1H3,(H,24,25)(H,26,27,28)/t11?,12?,17-,18-/m0/s1. The molecule has 3 fully saturated rings. The second-order valence-electron chi connectivity index (χ2n) is 8.12. The highest BCUT2D eigenvalue weighted by molar-refractivity contribution is 5.91. The number of carbonyl (C=O) groups is 1. The maximum atomic E-state index is 14.6. The average Bonchev–Trinajstić information content (AvgIpc) is 3.13. The number of Topliss-reactive ketones (excluding diaryl/α,β-unsaturated/α-hetero) is 1. The fraction of sp³-hybridized carbons (Fsp3) is 0.429. The molecule has 2 N–H and O–H groups in total. The summed E-state index contributed by atoms with van der Waals surface area (Å²) in [6.07, 6.45) is 8.06. The van der Waals surface area contributed by atoms with E-state index in [9.17, 15) is 13.6 Å². The van der Waals surface area contributed by atoms with Crippen molar-refractivity contribution in [1.82, 2.24) is 19.9 Å². The molecule has 0 aromatic carbocycles. The normalized spacial score (nSPS) is 26.0. The molecule has 3 aliphatic carbocycles. The zero-order valence-electron chi connectivity index (χ0n) is 16.0. The molecular formula is C21H21F2N5O. The predicted molar refractivity (Wildman–Crippen MR) is 104 cm³/mol. The maximum Gasteiger partial charge on any atom is 0.183 e. The van der Waals surface area contributed by atoms with E-state index in [-0.39, 0.29) is 29.4 Å². The number of fused-ring (bicyclic) bond motifs is 4. The highest BCUT2D eigenvalue weighted by Gasteiger charge is 2.46. The Labute approximate surface area is 166 Å². The number of rotatable bonds is 4. The minimum atomic E-state index is -0.568. The van der Waals surface area contributed by atoms with Crippen LogP contribution in [0.1, 0.15) is 32.6 Å². The van der Waals surface area contributed by atoms with Crippen LogP contribution in [0.2, 0.25) is 0 Å². The fourth-order valence-electron chi connectivity index (χ4n) is 5.16. The van der Waals surface area contributed by atoms with Crippen molar-refractivity contribution < 1.29 is 13.6 Å². The number of aromatic amines is 1. The number of pyridine rings is 1. The molecule has 6 nitrogen and oxygen atoms in total. The number of hydrogen-bond acceptors (Lipinski definition) is 5. The van der Waals surface area contributed by atoms with Gasteiger partial charge in [0, 0.05) is 29.1 Å². The van der Waals surface area contributed by atoms with Crippen molar-refractivity contribution in [2.24, 2.45) is 17.8 Å². The van der Waals surface area contributed by atoms with E-state index in [4.69, 9.17) is 0 Å². The van der Waals surface area contributed by atoms with Crippen molar-refractivity contribution in [3.05, 3.63) is 36.3 Å². The number of anilines is 1. The molecule has 3 saturated carbocycles. The summed E-state index contributed by atoms with van der Waals surface area (Å²) in [6.45, 7) is 1.62. The van der Waals surface area contributed by atoms with E-state index >= 15 is 0 Å². The first-order valence-corrected chi connectivity index (χ1v) is 9.94. The third-order valence-corrected chi connectivity index (χ3v) is 6.47. The number of nitrogens with one attached hydrogen (secondary N) is 2. The van der Waals surface area contributed by atoms with E-state index in [0.717, 1.165) is 38.1 Å². The van der Waals surface area contributed by atoms with Crippen LogP contribution in [0.3, 0.4) is 0 Å². The number of nitrogens with zero attached hydrogens (tertiary/aromatic N) is 3. The van der Waals surface area contributed by atoms with E-state index in [1.165, 1.54) is 6.07 Å². The van der Waals surface area contributed by atoms with Crippen LogP contribution in [-0.2, 0) is 4.79 Å². The molecule has 8 heteroatoms. The summed E-state index contributed by atoms with van der Waals surface area (Å²) < 4.78 is 28.2.